The molecule has 138 valence electrons. The number of aryl methyl sites for hydroxylation is 1. The van der Waals surface area contributed by atoms with Crippen molar-refractivity contribution < 1.29 is 14.3 Å². The summed E-state index contributed by atoms with van der Waals surface area (Å²) in [6.45, 7) is 3.40. The van der Waals surface area contributed by atoms with Gasteiger partial charge in [-0.1, -0.05) is 6.07 Å². The van der Waals surface area contributed by atoms with Gasteiger partial charge >= 0.3 is 0 Å². The number of amides is 1. The number of nitrogens with zero attached hydrogens (tertiary/aromatic N) is 3. The van der Waals surface area contributed by atoms with E-state index in [2.05, 4.69) is 4.98 Å². The van der Waals surface area contributed by atoms with E-state index in [9.17, 15) is 14.3 Å². The Kier molecular flexibility index (Phi) is 5.96. The highest BCUT2D eigenvalue weighted by Crippen LogP contribution is 2.27. The molecule has 2 aromatic rings. The number of carbonyl (C=O) groups excluding carboxylic acids is 1. The van der Waals surface area contributed by atoms with E-state index in [1.165, 1.54) is 12.1 Å². The van der Waals surface area contributed by atoms with Crippen LogP contribution < -0.4 is 4.90 Å². The fourth-order valence-electron chi connectivity index (χ4n) is 3.56. The van der Waals surface area contributed by atoms with Crippen LogP contribution in [0.1, 0.15) is 24.0 Å². The maximum absolute atomic E-state index is 13.4. The van der Waals surface area contributed by atoms with Gasteiger partial charge in [-0.15, -0.1) is 0 Å². The second kappa shape index (κ2) is 8.38. The van der Waals surface area contributed by atoms with Crippen LogP contribution in [0.4, 0.5) is 10.1 Å². The summed E-state index contributed by atoms with van der Waals surface area (Å²) < 4.78 is 13.4. The smallest absolute Gasteiger partial charge is 0.244 e. The van der Waals surface area contributed by atoms with E-state index in [0.717, 1.165) is 29.7 Å². The van der Waals surface area contributed by atoms with Crippen LogP contribution in [-0.4, -0.2) is 46.6 Å². The maximum atomic E-state index is 13.4. The number of hydrogen-bond acceptors (Lipinski definition) is 4. The Morgan fingerprint density at radius 2 is 2.23 bits per heavy atom. The number of rotatable bonds is 6. The van der Waals surface area contributed by atoms with Gasteiger partial charge in [0.05, 0.1) is 12.6 Å². The molecule has 3 rings (SSSR count). The topological polar surface area (TPSA) is 56.7 Å². The molecule has 1 amide bonds. The van der Waals surface area contributed by atoms with Gasteiger partial charge in [-0.3, -0.25) is 14.7 Å². The Bertz CT molecular complexity index is 754. The zero-order chi connectivity index (χ0) is 18.5. The van der Waals surface area contributed by atoms with Crippen LogP contribution in [0.15, 0.2) is 42.7 Å². The van der Waals surface area contributed by atoms with E-state index in [1.807, 2.05) is 24.0 Å². The molecule has 0 aliphatic carbocycles. The molecular formula is C20H24FN3O2. The van der Waals surface area contributed by atoms with Gasteiger partial charge in [0.25, 0.3) is 0 Å². The molecule has 1 saturated heterocycles. The largest absolute Gasteiger partial charge is 0.395 e. The average Bonchev–Trinajstić information content (AvgIpc) is 2.63. The van der Waals surface area contributed by atoms with E-state index in [0.29, 0.717) is 19.6 Å². The minimum atomic E-state index is -0.305. The van der Waals surface area contributed by atoms with E-state index in [-0.39, 0.29) is 24.4 Å². The number of pyridine rings is 1. The summed E-state index contributed by atoms with van der Waals surface area (Å²) in [6.07, 6.45) is 5.10. The zero-order valence-corrected chi connectivity index (χ0v) is 14.9. The predicted octanol–water partition coefficient (Wildman–Crippen LogP) is 2.52. The van der Waals surface area contributed by atoms with Crippen LogP contribution in [0.5, 0.6) is 0 Å². The van der Waals surface area contributed by atoms with Crippen LogP contribution in [-0.2, 0) is 11.3 Å². The summed E-state index contributed by atoms with van der Waals surface area (Å²) in [4.78, 5) is 21.0. The van der Waals surface area contributed by atoms with Gasteiger partial charge in [0.2, 0.25) is 5.91 Å². The molecule has 1 aliphatic heterocycles. The first-order valence-electron chi connectivity index (χ1n) is 8.91. The lowest BCUT2D eigenvalue weighted by molar-refractivity contribution is -0.125. The SMILES string of the molecule is Cc1cc(F)ccc1N1CCCC(N(CCO)Cc2cccnc2)C1=O. The van der Waals surface area contributed by atoms with Crippen LogP contribution in [0, 0.1) is 12.7 Å². The summed E-state index contributed by atoms with van der Waals surface area (Å²) in [5.74, 6) is -0.297. The van der Waals surface area contributed by atoms with Gasteiger partial charge in [-0.2, -0.15) is 0 Å². The van der Waals surface area contributed by atoms with Crippen molar-refractivity contribution in [3.05, 3.63) is 59.7 Å². The minimum absolute atomic E-state index is 0.00305. The zero-order valence-electron chi connectivity index (χ0n) is 14.9. The van der Waals surface area contributed by atoms with Gasteiger partial charge in [-0.05, 0) is 55.2 Å². The highest BCUT2D eigenvalue weighted by molar-refractivity contribution is 5.98. The number of hydrogen-bond donors (Lipinski definition) is 1. The molecule has 1 atom stereocenters. The highest BCUT2D eigenvalue weighted by atomic mass is 19.1. The monoisotopic (exact) mass is 357 g/mol. The third-order valence-electron chi connectivity index (χ3n) is 4.80. The Morgan fingerprint density at radius 3 is 2.92 bits per heavy atom. The average molecular weight is 357 g/mol. The predicted molar refractivity (Wildman–Crippen MR) is 98.2 cm³/mol. The molecule has 0 saturated carbocycles. The summed E-state index contributed by atoms with van der Waals surface area (Å²) in [7, 11) is 0. The number of halogens is 1. The Hall–Kier alpha value is -2.31. The van der Waals surface area contributed by atoms with E-state index in [1.54, 1.807) is 23.4 Å². The lowest BCUT2D eigenvalue weighted by atomic mass is 10.0. The number of aliphatic hydroxyl groups excluding tert-OH is 1. The fourth-order valence-corrected chi connectivity index (χ4v) is 3.56. The molecule has 2 heterocycles. The highest BCUT2D eigenvalue weighted by Gasteiger charge is 2.34. The van der Waals surface area contributed by atoms with Gasteiger partial charge in [-0.25, -0.2) is 4.39 Å². The second-order valence-electron chi connectivity index (χ2n) is 6.63. The van der Waals surface area contributed by atoms with E-state index >= 15 is 0 Å². The Labute approximate surface area is 153 Å². The first kappa shape index (κ1) is 18.5. The molecule has 26 heavy (non-hydrogen) atoms. The van der Waals surface area contributed by atoms with Gasteiger partial charge in [0, 0.05) is 37.7 Å². The van der Waals surface area contributed by atoms with Crippen molar-refractivity contribution in [1.82, 2.24) is 9.88 Å². The lowest BCUT2D eigenvalue weighted by Gasteiger charge is -2.38. The molecule has 0 radical (unpaired) electrons. The number of carbonyl (C=O) groups is 1. The Balaban J connectivity index is 1.82. The fraction of sp³-hybridized carbons (Fsp3) is 0.400. The summed E-state index contributed by atoms with van der Waals surface area (Å²) in [5, 5.41) is 9.47. The number of aliphatic hydroxyl groups is 1. The Morgan fingerprint density at radius 1 is 1.38 bits per heavy atom. The van der Waals surface area contributed by atoms with Crippen molar-refractivity contribution in [2.45, 2.75) is 32.4 Å². The molecule has 5 nitrogen and oxygen atoms in total. The maximum Gasteiger partial charge on any atom is 0.244 e. The third kappa shape index (κ3) is 4.08. The molecule has 1 aromatic heterocycles. The van der Waals surface area contributed by atoms with E-state index < -0.39 is 0 Å². The molecule has 1 N–H and O–H groups in total. The quantitative estimate of drug-likeness (QED) is 0.863. The molecule has 6 heteroatoms. The van der Waals surface area contributed by atoms with Crippen molar-refractivity contribution >= 4 is 11.6 Å². The summed E-state index contributed by atoms with van der Waals surface area (Å²) >= 11 is 0. The molecule has 1 fully saturated rings. The van der Waals surface area contributed by atoms with Crippen LogP contribution in [0.25, 0.3) is 0 Å². The van der Waals surface area contributed by atoms with Crippen molar-refractivity contribution in [1.29, 1.82) is 0 Å². The van der Waals surface area contributed by atoms with Crippen LogP contribution >= 0.6 is 0 Å². The molecule has 0 spiro atoms. The van der Waals surface area contributed by atoms with Gasteiger partial charge < -0.3 is 10.0 Å². The first-order valence-corrected chi connectivity index (χ1v) is 8.91. The molecule has 1 aliphatic rings. The summed E-state index contributed by atoms with van der Waals surface area (Å²) in [5.41, 5.74) is 2.51. The van der Waals surface area contributed by atoms with E-state index in [4.69, 9.17) is 0 Å². The minimum Gasteiger partial charge on any atom is -0.395 e. The first-order chi connectivity index (χ1) is 12.6. The number of benzene rings is 1. The van der Waals surface area contributed by atoms with Crippen molar-refractivity contribution in [2.24, 2.45) is 0 Å². The van der Waals surface area contributed by atoms with Crippen LogP contribution in [0.2, 0.25) is 0 Å². The number of aromatic nitrogens is 1. The van der Waals surface area contributed by atoms with Crippen molar-refractivity contribution in [3.8, 4) is 0 Å². The second-order valence-corrected chi connectivity index (χ2v) is 6.63. The summed E-state index contributed by atoms with van der Waals surface area (Å²) in [6, 6.07) is 8.03. The van der Waals surface area contributed by atoms with Crippen molar-refractivity contribution in [3.63, 3.8) is 0 Å². The van der Waals surface area contributed by atoms with Gasteiger partial charge in [0.15, 0.2) is 0 Å². The van der Waals surface area contributed by atoms with Crippen LogP contribution in [0.3, 0.4) is 0 Å². The lowest BCUT2D eigenvalue weighted by Crippen LogP contribution is -2.53. The molecule has 1 unspecified atom stereocenters. The van der Waals surface area contributed by atoms with Gasteiger partial charge in [0.1, 0.15) is 5.82 Å². The molecule has 1 aromatic carbocycles. The molecule has 0 bridgehead atoms. The third-order valence-corrected chi connectivity index (χ3v) is 4.80. The molecular weight excluding hydrogens is 333 g/mol. The van der Waals surface area contributed by atoms with Crippen molar-refractivity contribution in [2.75, 3.05) is 24.6 Å². The standard InChI is InChI=1S/C20H24FN3O2/c1-15-12-17(21)6-7-18(15)24-9-3-5-19(20(24)26)23(10-11-25)14-16-4-2-8-22-13-16/h2,4,6-8,12-13,19,25H,3,5,9-11,14H2,1H3. The number of anilines is 1. The normalized spacial score (nSPS) is 17.8. The number of piperidine rings is 1.